The molecule has 0 bridgehead atoms. The minimum atomic E-state index is -0.411. The van der Waals surface area contributed by atoms with E-state index < -0.39 is 5.91 Å². The molecule has 5 aromatic rings. The van der Waals surface area contributed by atoms with Gasteiger partial charge in [0.25, 0.3) is 11.8 Å². The Morgan fingerprint density at radius 2 is 1.48 bits per heavy atom. The van der Waals surface area contributed by atoms with Crippen molar-refractivity contribution in [2.24, 2.45) is 0 Å². The van der Waals surface area contributed by atoms with Crippen LogP contribution in [0, 0.1) is 0 Å². The van der Waals surface area contributed by atoms with Gasteiger partial charge in [-0.25, -0.2) is 0 Å². The summed E-state index contributed by atoms with van der Waals surface area (Å²) in [5.74, 6) is -0.487. The van der Waals surface area contributed by atoms with Gasteiger partial charge < -0.3 is 15.1 Å². The summed E-state index contributed by atoms with van der Waals surface area (Å²) in [6.07, 6.45) is 0. The lowest BCUT2D eigenvalue weighted by Crippen LogP contribution is -2.28. The molecule has 0 aliphatic carbocycles. The van der Waals surface area contributed by atoms with Gasteiger partial charge in [0.15, 0.2) is 5.76 Å². The smallest absolute Gasteiger partial charge is 0.291 e. The molecule has 0 fully saturated rings. The van der Waals surface area contributed by atoms with Crippen molar-refractivity contribution >= 4 is 39.2 Å². The summed E-state index contributed by atoms with van der Waals surface area (Å²) < 4.78 is 5.82. The second kappa shape index (κ2) is 8.63. The standard InChI is InChI=1S/C28H22N2O3/c1-18(19-9-3-2-4-10-19)29-27(31)22-13-7-8-14-24(22)30-28(32)26-17-23-21-12-6-5-11-20(21)15-16-25(23)33-26/h2-18H,1H3,(H,29,31)(H,30,32)/t18-/m0/s1. The van der Waals surface area contributed by atoms with Gasteiger partial charge >= 0.3 is 0 Å². The molecule has 0 aliphatic heterocycles. The number of fused-ring (bicyclic) bond motifs is 3. The number of benzene rings is 4. The molecular formula is C28H22N2O3. The van der Waals surface area contributed by atoms with Crippen LogP contribution in [0.1, 0.15) is 39.4 Å². The van der Waals surface area contributed by atoms with Crippen LogP contribution in [-0.4, -0.2) is 11.8 Å². The van der Waals surface area contributed by atoms with Gasteiger partial charge in [-0.2, -0.15) is 0 Å². The van der Waals surface area contributed by atoms with E-state index in [4.69, 9.17) is 4.42 Å². The first kappa shape index (κ1) is 20.5. The first-order valence-electron chi connectivity index (χ1n) is 10.8. The van der Waals surface area contributed by atoms with E-state index >= 15 is 0 Å². The highest BCUT2D eigenvalue weighted by Crippen LogP contribution is 2.29. The number of amides is 2. The quantitative estimate of drug-likeness (QED) is 0.340. The van der Waals surface area contributed by atoms with Crippen LogP contribution in [0.5, 0.6) is 0 Å². The Hall–Kier alpha value is -4.38. The van der Waals surface area contributed by atoms with Gasteiger partial charge in [-0.15, -0.1) is 0 Å². The zero-order valence-corrected chi connectivity index (χ0v) is 18.0. The summed E-state index contributed by atoms with van der Waals surface area (Å²) in [5, 5.41) is 8.80. The van der Waals surface area contributed by atoms with Crippen molar-refractivity contribution in [3.63, 3.8) is 0 Å². The Morgan fingerprint density at radius 3 is 2.33 bits per heavy atom. The van der Waals surface area contributed by atoms with Gasteiger partial charge in [-0.3, -0.25) is 9.59 Å². The van der Waals surface area contributed by atoms with Gasteiger partial charge in [0.1, 0.15) is 5.58 Å². The number of anilines is 1. The summed E-state index contributed by atoms with van der Waals surface area (Å²) in [6, 6.07) is 30.0. The van der Waals surface area contributed by atoms with Crippen molar-refractivity contribution in [3.05, 3.63) is 114 Å². The minimum absolute atomic E-state index is 0.175. The molecular weight excluding hydrogens is 412 g/mol. The van der Waals surface area contributed by atoms with Crippen LogP contribution >= 0.6 is 0 Å². The zero-order valence-electron chi connectivity index (χ0n) is 18.0. The van der Waals surface area contributed by atoms with E-state index in [1.807, 2.05) is 73.7 Å². The molecule has 0 aliphatic rings. The van der Waals surface area contributed by atoms with Crippen molar-refractivity contribution in [1.82, 2.24) is 5.32 Å². The summed E-state index contributed by atoms with van der Waals surface area (Å²) >= 11 is 0. The maximum atomic E-state index is 13.0. The monoisotopic (exact) mass is 434 g/mol. The van der Waals surface area contributed by atoms with Crippen LogP contribution in [0.25, 0.3) is 21.7 Å². The lowest BCUT2D eigenvalue weighted by atomic mass is 10.1. The van der Waals surface area contributed by atoms with E-state index in [1.54, 1.807) is 30.3 Å². The average molecular weight is 434 g/mol. The van der Waals surface area contributed by atoms with Crippen LogP contribution in [0.3, 0.4) is 0 Å². The molecule has 33 heavy (non-hydrogen) atoms. The lowest BCUT2D eigenvalue weighted by molar-refractivity contribution is 0.0940. The Balaban J connectivity index is 1.39. The minimum Gasteiger partial charge on any atom is -0.451 e. The van der Waals surface area contributed by atoms with Crippen molar-refractivity contribution in [2.75, 3.05) is 5.32 Å². The van der Waals surface area contributed by atoms with Crippen molar-refractivity contribution in [3.8, 4) is 0 Å². The van der Waals surface area contributed by atoms with Crippen molar-refractivity contribution in [2.45, 2.75) is 13.0 Å². The Labute approximate surface area is 191 Å². The highest BCUT2D eigenvalue weighted by atomic mass is 16.3. The largest absolute Gasteiger partial charge is 0.451 e. The predicted molar refractivity (Wildman–Crippen MR) is 130 cm³/mol. The molecule has 1 aromatic heterocycles. The van der Waals surface area contributed by atoms with Crippen LogP contribution in [-0.2, 0) is 0 Å². The summed E-state index contributed by atoms with van der Waals surface area (Å²) in [6.45, 7) is 1.92. The van der Waals surface area contributed by atoms with Gasteiger partial charge in [0.05, 0.1) is 17.3 Å². The lowest BCUT2D eigenvalue weighted by Gasteiger charge is -2.16. The zero-order chi connectivity index (χ0) is 22.8. The van der Waals surface area contributed by atoms with Crippen LogP contribution in [0.2, 0.25) is 0 Å². The van der Waals surface area contributed by atoms with Gasteiger partial charge in [-0.1, -0.05) is 72.8 Å². The van der Waals surface area contributed by atoms with Crippen LogP contribution in [0.15, 0.2) is 101 Å². The highest BCUT2D eigenvalue weighted by molar-refractivity contribution is 6.12. The van der Waals surface area contributed by atoms with Crippen molar-refractivity contribution in [1.29, 1.82) is 0 Å². The Morgan fingerprint density at radius 1 is 0.758 bits per heavy atom. The van der Waals surface area contributed by atoms with Crippen molar-refractivity contribution < 1.29 is 14.0 Å². The Bertz CT molecular complexity index is 1470. The molecule has 0 spiro atoms. The van der Waals surface area contributed by atoms with E-state index in [0.29, 0.717) is 16.8 Å². The summed E-state index contributed by atoms with van der Waals surface area (Å²) in [7, 11) is 0. The van der Waals surface area contributed by atoms with Crippen LogP contribution in [0.4, 0.5) is 5.69 Å². The third-order valence-corrected chi connectivity index (χ3v) is 5.72. The van der Waals surface area contributed by atoms with E-state index in [9.17, 15) is 9.59 Å². The topological polar surface area (TPSA) is 71.3 Å². The number of furan rings is 1. The average Bonchev–Trinajstić information content (AvgIpc) is 3.30. The van der Waals surface area contributed by atoms with Gasteiger partial charge in [0.2, 0.25) is 0 Å². The molecule has 2 amide bonds. The number of nitrogens with one attached hydrogen (secondary N) is 2. The number of rotatable bonds is 5. The fraction of sp³-hybridized carbons (Fsp3) is 0.0714. The summed E-state index contributed by atoms with van der Waals surface area (Å²) in [5.41, 5.74) is 2.45. The molecule has 0 unspecified atom stereocenters. The third-order valence-electron chi connectivity index (χ3n) is 5.72. The number of carbonyl (C=O) groups excluding carboxylic acids is 2. The molecule has 4 aromatic carbocycles. The highest BCUT2D eigenvalue weighted by Gasteiger charge is 2.19. The first-order valence-corrected chi connectivity index (χ1v) is 10.8. The molecule has 1 heterocycles. The van der Waals surface area contributed by atoms with Gasteiger partial charge in [-0.05, 0) is 47.5 Å². The van der Waals surface area contributed by atoms with Gasteiger partial charge in [0, 0.05) is 5.39 Å². The Kier molecular flexibility index (Phi) is 5.37. The SMILES string of the molecule is C[C@H](NC(=O)c1ccccc1NC(=O)c1cc2c(ccc3ccccc32)o1)c1ccccc1. The second-order valence-corrected chi connectivity index (χ2v) is 7.91. The molecule has 5 rings (SSSR count). The number of carbonyl (C=O) groups is 2. The number of hydrogen-bond acceptors (Lipinski definition) is 3. The predicted octanol–water partition coefficient (Wildman–Crippen LogP) is 6.33. The first-order chi connectivity index (χ1) is 16.1. The van der Waals surface area contributed by atoms with Crippen LogP contribution < -0.4 is 10.6 Å². The maximum Gasteiger partial charge on any atom is 0.291 e. The molecule has 0 saturated carbocycles. The molecule has 0 radical (unpaired) electrons. The third kappa shape index (κ3) is 4.08. The molecule has 5 nitrogen and oxygen atoms in total. The fourth-order valence-electron chi connectivity index (χ4n) is 3.98. The molecule has 1 atom stereocenters. The molecule has 162 valence electrons. The maximum absolute atomic E-state index is 13.0. The fourth-order valence-corrected chi connectivity index (χ4v) is 3.98. The number of para-hydroxylation sites is 1. The van der Waals surface area contributed by atoms with E-state index in [-0.39, 0.29) is 17.7 Å². The van der Waals surface area contributed by atoms with E-state index in [2.05, 4.69) is 10.6 Å². The molecule has 0 saturated heterocycles. The van der Waals surface area contributed by atoms with E-state index in [1.165, 1.54) is 0 Å². The molecule has 5 heteroatoms. The van der Waals surface area contributed by atoms with E-state index in [0.717, 1.165) is 21.7 Å². The molecule has 2 N–H and O–H groups in total. The normalized spacial score (nSPS) is 11.9. The number of hydrogen-bond donors (Lipinski definition) is 2. The summed E-state index contributed by atoms with van der Waals surface area (Å²) in [4.78, 5) is 26.0. The second-order valence-electron chi connectivity index (χ2n) is 7.91.